The van der Waals surface area contributed by atoms with Crippen molar-refractivity contribution in [3.8, 4) is 28.1 Å². The van der Waals surface area contributed by atoms with Gasteiger partial charge in [0.25, 0.3) is 0 Å². The van der Waals surface area contributed by atoms with E-state index >= 15 is 0 Å². The molecule has 0 aliphatic rings. The zero-order valence-electron chi connectivity index (χ0n) is 19.3. The van der Waals surface area contributed by atoms with Gasteiger partial charge in [-0.2, -0.15) is 0 Å². The molecule has 0 unspecified atom stereocenters. The van der Waals surface area contributed by atoms with Gasteiger partial charge in [-0.25, -0.2) is 18.4 Å². The molecule has 3 aromatic carbocycles. The monoisotopic (exact) mass is 481 g/mol. The first-order valence-corrected chi connectivity index (χ1v) is 12.7. The second-order valence-electron chi connectivity index (χ2n) is 8.26. The Morgan fingerprint density at radius 1 is 0.829 bits per heavy atom. The predicted octanol–water partition coefficient (Wildman–Crippen LogP) is 5.65. The molecule has 0 spiro atoms. The zero-order chi connectivity index (χ0) is 24.4. The van der Waals surface area contributed by atoms with Crippen LogP contribution in [0.25, 0.3) is 33.2 Å². The maximum Gasteiger partial charge on any atom is 0.184 e. The van der Waals surface area contributed by atoms with Gasteiger partial charge in [0.2, 0.25) is 0 Å². The molecule has 0 aliphatic heterocycles. The van der Waals surface area contributed by atoms with Crippen molar-refractivity contribution in [2.24, 2.45) is 0 Å². The van der Waals surface area contributed by atoms with Crippen molar-refractivity contribution in [2.75, 3.05) is 7.11 Å². The van der Waals surface area contributed by atoms with E-state index in [1.807, 2.05) is 36.4 Å². The number of aryl methyl sites for hydroxylation is 1. The van der Waals surface area contributed by atoms with E-state index in [9.17, 15) is 8.42 Å². The lowest BCUT2D eigenvalue weighted by Crippen LogP contribution is -2.06. The molecular weight excluding hydrogens is 458 g/mol. The summed E-state index contributed by atoms with van der Waals surface area (Å²) in [6.45, 7) is 2.06. The first kappa shape index (κ1) is 22.7. The Balaban J connectivity index is 1.50. The normalized spacial score (nSPS) is 11.5. The number of benzene rings is 3. The SMILES string of the molecule is COc1ccc(-c2ccc(-c3nccc4cc(S(=O)(=O)Cc5ccncn5)ccc34)c(C)c2)cc1. The topological polar surface area (TPSA) is 82.0 Å². The number of rotatable bonds is 6. The Morgan fingerprint density at radius 2 is 1.63 bits per heavy atom. The van der Waals surface area contributed by atoms with Gasteiger partial charge >= 0.3 is 0 Å². The minimum atomic E-state index is -3.55. The van der Waals surface area contributed by atoms with Crippen molar-refractivity contribution in [3.63, 3.8) is 0 Å². The van der Waals surface area contributed by atoms with E-state index in [2.05, 4.69) is 40.1 Å². The summed E-state index contributed by atoms with van der Waals surface area (Å²) in [5.41, 5.74) is 5.57. The number of nitrogens with zero attached hydrogens (tertiary/aromatic N) is 3. The molecule has 6 nitrogen and oxygen atoms in total. The number of ether oxygens (including phenoxy) is 1. The van der Waals surface area contributed by atoms with E-state index in [1.165, 1.54) is 6.33 Å². The summed E-state index contributed by atoms with van der Waals surface area (Å²) in [4.78, 5) is 12.8. The average molecular weight is 482 g/mol. The highest BCUT2D eigenvalue weighted by Crippen LogP contribution is 2.33. The maximum atomic E-state index is 13.0. The second kappa shape index (κ2) is 9.27. The number of fused-ring (bicyclic) bond motifs is 1. The summed E-state index contributed by atoms with van der Waals surface area (Å²) in [6, 6.07) is 22.9. The Bertz CT molecular complexity index is 1620. The summed E-state index contributed by atoms with van der Waals surface area (Å²) < 4.78 is 31.2. The lowest BCUT2D eigenvalue weighted by molar-refractivity contribution is 0.415. The minimum Gasteiger partial charge on any atom is -0.497 e. The van der Waals surface area contributed by atoms with Gasteiger partial charge in [-0.15, -0.1) is 0 Å². The van der Waals surface area contributed by atoms with Crippen LogP contribution in [0.1, 0.15) is 11.3 Å². The molecule has 0 saturated heterocycles. The van der Waals surface area contributed by atoms with E-state index in [4.69, 9.17) is 4.74 Å². The van der Waals surface area contributed by atoms with Crippen LogP contribution in [0, 0.1) is 6.92 Å². The van der Waals surface area contributed by atoms with Crippen LogP contribution in [0.15, 0.2) is 96.4 Å². The summed E-state index contributed by atoms with van der Waals surface area (Å²) in [5, 5.41) is 1.71. The maximum absolute atomic E-state index is 13.0. The molecule has 0 radical (unpaired) electrons. The molecule has 5 rings (SSSR count). The van der Waals surface area contributed by atoms with Crippen LogP contribution in [-0.4, -0.2) is 30.5 Å². The van der Waals surface area contributed by atoms with Crippen LogP contribution < -0.4 is 4.74 Å². The number of hydrogen-bond donors (Lipinski definition) is 0. The van der Waals surface area contributed by atoms with Gasteiger partial charge < -0.3 is 4.74 Å². The van der Waals surface area contributed by atoms with E-state index in [1.54, 1.807) is 37.7 Å². The Labute approximate surface area is 204 Å². The molecule has 0 amide bonds. The third-order valence-corrected chi connectivity index (χ3v) is 7.63. The number of aromatic nitrogens is 3. The van der Waals surface area contributed by atoms with Crippen LogP contribution in [-0.2, 0) is 15.6 Å². The number of pyridine rings is 1. The van der Waals surface area contributed by atoms with Gasteiger partial charge in [-0.1, -0.05) is 36.4 Å². The second-order valence-corrected chi connectivity index (χ2v) is 10.3. The van der Waals surface area contributed by atoms with Crippen LogP contribution in [0.5, 0.6) is 5.75 Å². The lowest BCUT2D eigenvalue weighted by atomic mass is 9.96. The standard InChI is InChI=1S/C28H23N3O3S/c1-19-15-21(20-3-6-24(34-2)7-4-20)5-9-26(19)28-27-10-8-25(16-22(27)11-14-30-28)35(32,33)17-23-12-13-29-18-31-23/h3-16,18H,17H2,1-2H3. The van der Waals surface area contributed by atoms with Gasteiger partial charge in [0, 0.05) is 23.3 Å². The highest BCUT2D eigenvalue weighted by Gasteiger charge is 2.18. The van der Waals surface area contributed by atoms with Gasteiger partial charge in [0.05, 0.1) is 29.1 Å². The highest BCUT2D eigenvalue weighted by atomic mass is 32.2. The van der Waals surface area contributed by atoms with Crippen molar-refractivity contribution < 1.29 is 13.2 Å². The molecule has 0 N–H and O–H groups in total. The fourth-order valence-electron chi connectivity index (χ4n) is 4.14. The first-order valence-electron chi connectivity index (χ1n) is 11.1. The number of methoxy groups -OCH3 is 1. The molecule has 2 aromatic heterocycles. The average Bonchev–Trinajstić information content (AvgIpc) is 2.88. The van der Waals surface area contributed by atoms with Gasteiger partial charge in [0.15, 0.2) is 9.84 Å². The highest BCUT2D eigenvalue weighted by molar-refractivity contribution is 7.90. The molecule has 0 fully saturated rings. The first-order chi connectivity index (χ1) is 16.9. The van der Waals surface area contributed by atoms with Crippen molar-refractivity contribution in [1.29, 1.82) is 0 Å². The van der Waals surface area contributed by atoms with E-state index in [-0.39, 0.29) is 10.6 Å². The fraction of sp³-hybridized carbons (Fsp3) is 0.107. The van der Waals surface area contributed by atoms with Crippen LogP contribution in [0.3, 0.4) is 0 Å². The zero-order valence-corrected chi connectivity index (χ0v) is 20.2. The van der Waals surface area contributed by atoms with Gasteiger partial charge in [-0.05, 0) is 65.4 Å². The third-order valence-electron chi connectivity index (χ3n) is 5.98. The number of sulfone groups is 1. The summed E-state index contributed by atoms with van der Waals surface area (Å²) in [5.74, 6) is 0.644. The molecule has 35 heavy (non-hydrogen) atoms. The molecule has 7 heteroatoms. The van der Waals surface area contributed by atoms with E-state index in [0.29, 0.717) is 5.69 Å². The van der Waals surface area contributed by atoms with Crippen LogP contribution >= 0.6 is 0 Å². The van der Waals surface area contributed by atoms with Crippen molar-refractivity contribution in [1.82, 2.24) is 15.0 Å². The van der Waals surface area contributed by atoms with Crippen LogP contribution in [0.2, 0.25) is 0 Å². The molecule has 2 heterocycles. The largest absolute Gasteiger partial charge is 0.497 e. The van der Waals surface area contributed by atoms with Crippen LogP contribution in [0.4, 0.5) is 0 Å². The summed E-state index contributed by atoms with van der Waals surface area (Å²) >= 11 is 0. The Morgan fingerprint density at radius 3 is 2.34 bits per heavy atom. The molecular formula is C28H23N3O3S. The van der Waals surface area contributed by atoms with Gasteiger partial charge in [0.1, 0.15) is 12.1 Å². The molecule has 5 aromatic rings. The predicted molar refractivity (Wildman–Crippen MR) is 137 cm³/mol. The van der Waals surface area contributed by atoms with Crippen molar-refractivity contribution >= 4 is 20.6 Å². The number of hydrogen-bond acceptors (Lipinski definition) is 6. The molecule has 0 aliphatic carbocycles. The Hall–Kier alpha value is -4.10. The lowest BCUT2D eigenvalue weighted by Gasteiger charge is -2.12. The third kappa shape index (κ3) is 4.63. The summed E-state index contributed by atoms with van der Waals surface area (Å²) in [6.07, 6.45) is 4.61. The Kier molecular flexibility index (Phi) is 6.01. The fourth-order valence-corrected chi connectivity index (χ4v) is 5.45. The minimum absolute atomic E-state index is 0.176. The molecule has 0 atom stereocenters. The molecule has 174 valence electrons. The smallest absolute Gasteiger partial charge is 0.184 e. The van der Waals surface area contributed by atoms with Crippen molar-refractivity contribution in [2.45, 2.75) is 17.6 Å². The quantitative estimate of drug-likeness (QED) is 0.312. The van der Waals surface area contributed by atoms with E-state index in [0.717, 1.165) is 44.5 Å². The summed E-state index contributed by atoms with van der Waals surface area (Å²) in [7, 11) is -1.90. The van der Waals surface area contributed by atoms with Gasteiger partial charge in [-0.3, -0.25) is 4.98 Å². The molecule has 0 bridgehead atoms. The molecule has 0 saturated carbocycles. The van der Waals surface area contributed by atoms with Crippen molar-refractivity contribution in [3.05, 3.63) is 103 Å². The van der Waals surface area contributed by atoms with E-state index < -0.39 is 9.84 Å².